The van der Waals surface area contributed by atoms with Crippen LogP contribution in [0.1, 0.15) is 16.2 Å². The van der Waals surface area contributed by atoms with Crippen LogP contribution in [-0.4, -0.2) is 30.1 Å². The number of methoxy groups -OCH3 is 2. The van der Waals surface area contributed by atoms with Gasteiger partial charge in [0, 0.05) is 12.3 Å². The number of rotatable bonds is 7. The first-order valence-electron chi connectivity index (χ1n) is 8.33. The molecule has 0 aliphatic heterocycles. The Morgan fingerprint density at radius 2 is 1.93 bits per heavy atom. The number of anilines is 2. The normalized spacial score (nSPS) is 10.1. The molecule has 0 unspecified atom stereocenters. The molecule has 0 atom stereocenters. The van der Waals surface area contributed by atoms with Crippen LogP contribution in [0.2, 0.25) is 0 Å². The van der Waals surface area contributed by atoms with E-state index in [1.165, 1.54) is 0 Å². The lowest BCUT2D eigenvalue weighted by atomic mass is 10.2. The Hall–Kier alpha value is -3.61. The molecule has 0 spiro atoms. The third kappa shape index (κ3) is 4.72. The lowest BCUT2D eigenvalue weighted by molar-refractivity contribution is 0.0945. The van der Waals surface area contributed by atoms with Gasteiger partial charge in [-0.05, 0) is 36.4 Å². The number of benzene rings is 1. The fourth-order valence-electron chi connectivity index (χ4n) is 2.42. The molecule has 0 aliphatic carbocycles. The number of hydrogen-bond acceptors (Lipinski definition) is 6. The van der Waals surface area contributed by atoms with Crippen molar-refractivity contribution in [2.24, 2.45) is 0 Å². The van der Waals surface area contributed by atoms with Gasteiger partial charge in [0.1, 0.15) is 17.2 Å². The molecule has 0 aliphatic rings. The molecule has 7 heteroatoms. The van der Waals surface area contributed by atoms with E-state index in [0.717, 1.165) is 17.1 Å². The van der Waals surface area contributed by atoms with Gasteiger partial charge in [0.25, 0.3) is 5.91 Å². The highest BCUT2D eigenvalue weighted by atomic mass is 16.5. The highest BCUT2D eigenvalue weighted by Crippen LogP contribution is 2.31. The predicted octanol–water partition coefficient (Wildman–Crippen LogP) is 3.17. The molecule has 3 aromatic rings. The fourth-order valence-corrected chi connectivity index (χ4v) is 2.42. The fraction of sp³-hybridized carbons (Fsp3) is 0.150. The average Bonchev–Trinajstić information content (AvgIpc) is 2.73. The number of ether oxygens (including phenoxy) is 2. The molecular weight excluding hydrogens is 344 g/mol. The van der Waals surface area contributed by atoms with Crippen molar-refractivity contribution in [3.05, 3.63) is 72.3 Å². The molecule has 2 N–H and O–H groups in total. The Labute approximate surface area is 157 Å². The quantitative estimate of drug-likeness (QED) is 0.670. The van der Waals surface area contributed by atoms with E-state index in [1.807, 2.05) is 30.3 Å². The van der Waals surface area contributed by atoms with Crippen LogP contribution in [0.25, 0.3) is 0 Å². The zero-order chi connectivity index (χ0) is 19.1. The van der Waals surface area contributed by atoms with Gasteiger partial charge in [-0.3, -0.25) is 9.78 Å². The van der Waals surface area contributed by atoms with E-state index in [1.54, 1.807) is 44.8 Å². The van der Waals surface area contributed by atoms with E-state index >= 15 is 0 Å². The zero-order valence-electron chi connectivity index (χ0n) is 15.1. The predicted molar refractivity (Wildman–Crippen MR) is 102 cm³/mol. The van der Waals surface area contributed by atoms with Crippen LogP contribution >= 0.6 is 0 Å². The number of carbonyl (C=O) groups excluding carboxylic acids is 1. The molecule has 27 heavy (non-hydrogen) atoms. The number of nitrogens with zero attached hydrogens (tertiary/aromatic N) is 2. The number of carbonyl (C=O) groups is 1. The summed E-state index contributed by atoms with van der Waals surface area (Å²) in [5.41, 5.74) is 2.63. The monoisotopic (exact) mass is 364 g/mol. The second-order valence-corrected chi connectivity index (χ2v) is 5.63. The van der Waals surface area contributed by atoms with Crippen LogP contribution in [0.4, 0.5) is 11.4 Å². The summed E-state index contributed by atoms with van der Waals surface area (Å²) in [7, 11) is 3.19. The third-order valence-electron chi connectivity index (χ3n) is 3.84. The third-order valence-corrected chi connectivity index (χ3v) is 3.84. The largest absolute Gasteiger partial charge is 0.497 e. The smallest absolute Gasteiger partial charge is 0.270 e. The lowest BCUT2D eigenvalue weighted by Gasteiger charge is -2.12. The molecule has 1 amide bonds. The Bertz CT molecular complexity index is 899. The van der Waals surface area contributed by atoms with Gasteiger partial charge in [-0.1, -0.05) is 6.07 Å². The van der Waals surface area contributed by atoms with Crippen molar-refractivity contribution in [2.45, 2.75) is 6.54 Å². The summed E-state index contributed by atoms with van der Waals surface area (Å²) in [6.07, 6.45) is 3.28. The summed E-state index contributed by atoms with van der Waals surface area (Å²) in [6.45, 7) is 0.352. The second-order valence-electron chi connectivity index (χ2n) is 5.63. The van der Waals surface area contributed by atoms with Gasteiger partial charge < -0.3 is 20.1 Å². The van der Waals surface area contributed by atoms with Crippen LogP contribution in [0, 0.1) is 0 Å². The molecule has 3 rings (SSSR count). The van der Waals surface area contributed by atoms with Crippen LogP contribution in [0.15, 0.2) is 60.9 Å². The minimum atomic E-state index is -0.255. The molecule has 2 heterocycles. The molecule has 0 bridgehead atoms. The lowest BCUT2D eigenvalue weighted by Crippen LogP contribution is -2.24. The maximum atomic E-state index is 12.2. The van der Waals surface area contributed by atoms with Gasteiger partial charge in [-0.15, -0.1) is 0 Å². The van der Waals surface area contributed by atoms with Gasteiger partial charge in [0.15, 0.2) is 0 Å². The Kier molecular flexibility index (Phi) is 5.84. The molecule has 0 fully saturated rings. The number of amides is 1. The maximum Gasteiger partial charge on any atom is 0.270 e. The van der Waals surface area contributed by atoms with Crippen LogP contribution in [0.5, 0.6) is 11.5 Å². The van der Waals surface area contributed by atoms with Gasteiger partial charge in [-0.25, -0.2) is 4.98 Å². The first-order chi connectivity index (χ1) is 13.2. The van der Waals surface area contributed by atoms with E-state index in [9.17, 15) is 4.79 Å². The Morgan fingerprint density at radius 3 is 2.59 bits per heavy atom. The minimum Gasteiger partial charge on any atom is -0.497 e. The molecule has 7 nitrogen and oxygen atoms in total. The first-order valence-corrected chi connectivity index (χ1v) is 8.33. The molecule has 0 saturated carbocycles. The van der Waals surface area contributed by atoms with Crippen LogP contribution in [-0.2, 0) is 6.54 Å². The van der Waals surface area contributed by atoms with Crippen molar-refractivity contribution in [1.82, 2.24) is 15.3 Å². The molecule has 0 radical (unpaired) electrons. The number of aromatic nitrogens is 2. The number of hydrogen-bond donors (Lipinski definition) is 2. The average molecular weight is 364 g/mol. The van der Waals surface area contributed by atoms with Gasteiger partial charge in [-0.2, -0.15) is 0 Å². The summed E-state index contributed by atoms with van der Waals surface area (Å²) in [5.74, 6) is 1.09. The van der Waals surface area contributed by atoms with Crippen molar-refractivity contribution in [3.8, 4) is 11.5 Å². The van der Waals surface area contributed by atoms with Crippen molar-refractivity contribution >= 4 is 17.3 Å². The molecule has 0 saturated heterocycles. The summed E-state index contributed by atoms with van der Waals surface area (Å²) in [6, 6.07) is 14.5. The molecule has 2 aromatic heterocycles. The summed E-state index contributed by atoms with van der Waals surface area (Å²) in [5, 5.41) is 6.01. The van der Waals surface area contributed by atoms with E-state index < -0.39 is 0 Å². The first kappa shape index (κ1) is 18.2. The van der Waals surface area contributed by atoms with Gasteiger partial charge in [0.05, 0.1) is 44.0 Å². The number of pyridine rings is 2. The SMILES string of the molecule is COc1ccc(Nc2ccc(C(=O)NCc3ccccn3)nc2)c(OC)c1. The summed E-state index contributed by atoms with van der Waals surface area (Å²) >= 11 is 0. The van der Waals surface area contributed by atoms with Gasteiger partial charge in [0.2, 0.25) is 0 Å². The zero-order valence-corrected chi connectivity index (χ0v) is 15.1. The van der Waals surface area contributed by atoms with Gasteiger partial charge >= 0.3 is 0 Å². The molecule has 1 aromatic carbocycles. The second kappa shape index (κ2) is 8.66. The van der Waals surface area contributed by atoms with E-state index in [0.29, 0.717) is 23.7 Å². The van der Waals surface area contributed by atoms with Crippen LogP contribution < -0.4 is 20.1 Å². The summed E-state index contributed by atoms with van der Waals surface area (Å²) in [4.78, 5) is 20.6. The van der Waals surface area contributed by atoms with Crippen LogP contribution in [0.3, 0.4) is 0 Å². The minimum absolute atomic E-state index is 0.255. The molecule has 138 valence electrons. The van der Waals surface area contributed by atoms with E-state index in [4.69, 9.17) is 9.47 Å². The van der Waals surface area contributed by atoms with Crippen molar-refractivity contribution in [1.29, 1.82) is 0 Å². The molecular formula is C20H20N4O3. The highest BCUT2D eigenvalue weighted by molar-refractivity contribution is 5.92. The topological polar surface area (TPSA) is 85.4 Å². The Morgan fingerprint density at radius 1 is 1.04 bits per heavy atom. The number of nitrogens with one attached hydrogen (secondary N) is 2. The van der Waals surface area contributed by atoms with Crippen molar-refractivity contribution < 1.29 is 14.3 Å². The van der Waals surface area contributed by atoms with Crippen molar-refractivity contribution in [3.63, 3.8) is 0 Å². The van der Waals surface area contributed by atoms with E-state index in [-0.39, 0.29) is 5.91 Å². The van der Waals surface area contributed by atoms with E-state index in [2.05, 4.69) is 20.6 Å². The highest BCUT2D eigenvalue weighted by Gasteiger charge is 2.09. The van der Waals surface area contributed by atoms with Crippen molar-refractivity contribution in [2.75, 3.05) is 19.5 Å². The summed E-state index contributed by atoms with van der Waals surface area (Å²) < 4.78 is 10.6. The standard InChI is InChI=1S/C20H20N4O3/c1-26-16-7-9-17(19(11-16)27-2)24-15-6-8-18(22-13-15)20(25)23-12-14-5-3-4-10-21-14/h3-11,13,24H,12H2,1-2H3,(H,23,25). The Balaban J connectivity index is 1.64. The maximum absolute atomic E-state index is 12.2.